The lowest BCUT2D eigenvalue weighted by atomic mass is 10.1. The summed E-state index contributed by atoms with van der Waals surface area (Å²) in [5.74, 6) is 1.09. The van der Waals surface area contributed by atoms with Crippen LogP contribution in [-0.2, 0) is 11.4 Å². The first kappa shape index (κ1) is 33.1. The van der Waals surface area contributed by atoms with Crippen LogP contribution in [0.3, 0.4) is 0 Å². The molecule has 234 valence electrons. The SMILES string of the molecule is CCOc1cc(C(=O)N/N=C/c2cc(Br)c(OCC(=O)Nc3ccc(C)c(C)c3)c(OCC)c2)ccc1OCc1ccccc1. The van der Waals surface area contributed by atoms with Gasteiger partial charge in [-0.05, 0) is 108 Å². The molecule has 0 fully saturated rings. The number of aryl methyl sites for hydroxylation is 2. The monoisotopic (exact) mass is 673 g/mol. The van der Waals surface area contributed by atoms with Gasteiger partial charge in [0, 0.05) is 11.3 Å². The van der Waals surface area contributed by atoms with E-state index in [4.69, 9.17) is 18.9 Å². The third-order valence-corrected chi connectivity index (χ3v) is 7.18. The molecule has 0 atom stereocenters. The molecule has 0 aliphatic heterocycles. The van der Waals surface area contributed by atoms with Gasteiger partial charge >= 0.3 is 0 Å². The van der Waals surface area contributed by atoms with Gasteiger partial charge in [-0.25, -0.2) is 5.43 Å². The lowest BCUT2D eigenvalue weighted by Gasteiger charge is -2.15. The smallest absolute Gasteiger partial charge is 0.271 e. The highest BCUT2D eigenvalue weighted by Crippen LogP contribution is 2.36. The number of anilines is 1. The molecule has 0 heterocycles. The second-order valence-corrected chi connectivity index (χ2v) is 10.8. The third-order valence-electron chi connectivity index (χ3n) is 6.59. The summed E-state index contributed by atoms with van der Waals surface area (Å²) in [6.45, 7) is 8.67. The molecule has 0 aliphatic rings. The van der Waals surface area contributed by atoms with Crippen molar-refractivity contribution in [2.24, 2.45) is 5.10 Å². The molecule has 4 aromatic carbocycles. The molecule has 0 saturated heterocycles. The maximum absolute atomic E-state index is 12.9. The van der Waals surface area contributed by atoms with Crippen LogP contribution in [0.1, 0.15) is 46.5 Å². The molecule has 10 heteroatoms. The molecule has 9 nitrogen and oxygen atoms in total. The first-order chi connectivity index (χ1) is 21.8. The Balaban J connectivity index is 1.39. The second kappa shape index (κ2) is 16.3. The van der Waals surface area contributed by atoms with Crippen LogP contribution in [0, 0.1) is 13.8 Å². The predicted molar refractivity (Wildman–Crippen MR) is 179 cm³/mol. The van der Waals surface area contributed by atoms with Crippen molar-refractivity contribution in [2.45, 2.75) is 34.3 Å². The molecule has 0 saturated carbocycles. The molecule has 2 amide bonds. The molecule has 4 aromatic rings. The lowest BCUT2D eigenvalue weighted by molar-refractivity contribution is -0.118. The first-order valence-electron chi connectivity index (χ1n) is 14.5. The summed E-state index contributed by atoms with van der Waals surface area (Å²) in [7, 11) is 0. The van der Waals surface area contributed by atoms with Crippen molar-refractivity contribution in [3.8, 4) is 23.0 Å². The summed E-state index contributed by atoms with van der Waals surface area (Å²) in [4.78, 5) is 25.4. The number of hydrazone groups is 1. The fourth-order valence-electron chi connectivity index (χ4n) is 4.22. The minimum atomic E-state index is -0.416. The van der Waals surface area contributed by atoms with E-state index in [0.717, 1.165) is 16.7 Å². The molecule has 0 bridgehead atoms. The van der Waals surface area contributed by atoms with E-state index in [0.29, 0.717) is 64.1 Å². The van der Waals surface area contributed by atoms with E-state index in [1.165, 1.54) is 6.21 Å². The number of amides is 2. The molecule has 0 aliphatic carbocycles. The Hall–Kier alpha value is -4.83. The molecule has 45 heavy (non-hydrogen) atoms. The largest absolute Gasteiger partial charge is 0.490 e. The van der Waals surface area contributed by atoms with E-state index in [1.54, 1.807) is 30.3 Å². The van der Waals surface area contributed by atoms with Crippen molar-refractivity contribution in [2.75, 3.05) is 25.1 Å². The molecular weight excluding hydrogens is 638 g/mol. The summed E-state index contributed by atoms with van der Waals surface area (Å²) < 4.78 is 23.8. The predicted octanol–water partition coefficient (Wildman–Crippen LogP) is 7.22. The number of hydrogen-bond donors (Lipinski definition) is 2. The zero-order valence-electron chi connectivity index (χ0n) is 25.7. The first-order valence-corrected chi connectivity index (χ1v) is 15.3. The number of nitrogens with one attached hydrogen (secondary N) is 2. The van der Waals surface area contributed by atoms with Crippen LogP contribution in [-0.4, -0.2) is 37.8 Å². The number of ether oxygens (including phenoxy) is 4. The normalized spacial score (nSPS) is 10.8. The Bertz CT molecular complexity index is 1660. The number of benzene rings is 4. The van der Waals surface area contributed by atoms with Crippen molar-refractivity contribution >= 4 is 39.6 Å². The Morgan fingerprint density at radius 2 is 1.56 bits per heavy atom. The van der Waals surface area contributed by atoms with Crippen molar-refractivity contribution < 1.29 is 28.5 Å². The minimum Gasteiger partial charge on any atom is -0.490 e. The second-order valence-electron chi connectivity index (χ2n) is 9.97. The maximum atomic E-state index is 12.9. The summed E-state index contributed by atoms with van der Waals surface area (Å²) in [5.41, 5.74) is 7.49. The lowest BCUT2D eigenvalue weighted by Crippen LogP contribution is -2.20. The van der Waals surface area contributed by atoms with Crippen LogP contribution in [0.25, 0.3) is 0 Å². The molecule has 2 N–H and O–H groups in total. The molecular formula is C35H36BrN3O6. The Kier molecular flexibility index (Phi) is 12.0. The quantitative estimate of drug-likeness (QED) is 0.108. The van der Waals surface area contributed by atoms with Gasteiger partial charge in [-0.3, -0.25) is 9.59 Å². The number of carbonyl (C=O) groups excluding carboxylic acids is 2. The minimum absolute atomic E-state index is 0.213. The van der Waals surface area contributed by atoms with Gasteiger partial charge in [-0.2, -0.15) is 5.10 Å². The summed E-state index contributed by atoms with van der Waals surface area (Å²) >= 11 is 3.51. The van der Waals surface area contributed by atoms with E-state index in [9.17, 15) is 9.59 Å². The topological polar surface area (TPSA) is 107 Å². The Morgan fingerprint density at radius 3 is 2.29 bits per heavy atom. The van der Waals surface area contributed by atoms with Gasteiger partial charge in [0.1, 0.15) is 6.61 Å². The van der Waals surface area contributed by atoms with Gasteiger partial charge in [-0.15, -0.1) is 0 Å². The van der Waals surface area contributed by atoms with Crippen LogP contribution in [0.2, 0.25) is 0 Å². The third kappa shape index (κ3) is 9.58. The molecule has 0 radical (unpaired) electrons. The van der Waals surface area contributed by atoms with Crippen LogP contribution >= 0.6 is 15.9 Å². The van der Waals surface area contributed by atoms with Crippen molar-refractivity contribution in [1.82, 2.24) is 5.43 Å². The van der Waals surface area contributed by atoms with Gasteiger partial charge in [0.25, 0.3) is 11.8 Å². The molecule has 0 spiro atoms. The van der Waals surface area contributed by atoms with E-state index in [-0.39, 0.29) is 12.5 Å². The van der Waals surface area contributed by atoms with Gasteiger partial charge in [-0.1, -0.05) is 36.4 Å². The van der Waals surface area contributed by atoms with Gasteiger partial charge < -0.3 is 24.3 Å². The highest BCUT2D eigenvalue weighted by atomic mass is 79.9. The molecule has 0 aromatic heterocycles. The highest BCUT2D eigenvalue weighted by molar-refractivity contribution is 9.10. The number of nitrogens with zero attached hydrogens (tertiary/aromatic N) is 1. The van der Waals surface area contributed by atoms with Crippen molar-refractivity contribution in [3.05, 3.63) is 111 Å². The van der Waals surface area contributed by atoms with Crippen LogP contribution < -0.4 is 29.7 Å². The van der Waals surface area contributed by atoms with Gasteiger partial charge in [0.05, 0.1) is 23.9 Å². The average molecular weight is 675 g/mol. The Labute approximate surface area is 271 Å². The van der Waals surface area contributed by atoms with E-state index >= 15 is 0 Å². The maximum Gasteiger partial charge on any atom is 0.271 e. The number of halogens is 1. The Morgan fingerprint density at radius 1 is 0.800 bits per heavy atom. The van der Waals surface area contributed by atoms with E-state index in [1.807, 2.05) is 76.2 Å². The summed E-state index contributed by atoms with van der Waals surface area (Å²) in [6.07, 6.45) is 1.49. The highest BCUT2D eigenvalue weighted by Gasteiger charge is 2.15. The fourth-order valence-corrected chi connectivity index (χ4v) is 4.80. The zero-order chi connectivity index (χ0) is 32.2. The van der Waals surface area contributed by atoms with Crippen LogP contribution in [0.5, 0.6) is 23.0 Å². The number of carbonyl (C=O) groups is 2. The van der Waals surface area contributed by atoms with Gasteiger partial charge in [0.15, 0.2) is 29.6 Å². The van der Waals surface area contributed by atoms with Crippen LogP contribution in [0.15, 0.2) is 88.4 Å². The van der Waals surface area contributed by atoms with Crippen molar-refractivity contribution in [1.29, 1.82) is 0 Å². The molecule has 0 unspecified atom stereocenters. The average Bonchev–Trinajstić information content (AvgIpc) is 3.02. The summed E-state index contributed by atoms with van der Waals surface area (Å²) in [6, 6.07) is 24.0. The standard InChI is InChI=1S/C35H36BrN3O6/c1-5-42-31-19-27(13-15-30(31)44-21-25-10-8-7-9-11-25)35(41)39-37-20-26-17-29(36)34(32(18-26)43-6-2)45-22-33(40)38-28-14-12-23(3)24(4)16-28/h7-20H,5-6,21-22H2,1-4H3,(H,38,40)(H,39,41)/b37-20+. The van der Waals surface area contributed by atoms with E-state index < -0.39 is 5.91 Å². The summed E-state index contributed by atoms with van der Waals surface area (Å²) in [5, 5.41) is 6.97. The van der Waals surface area contributed by atoms with Crippen LogP contribution in [0.4, 0.5) is 5.69 Å². The van der Waals surface area contributed by atoms with Crippen molar-refractivity contribution in [3.63, 3.8) is 0 Å². The number of hydrogen-bond acceptors (Lipinski definition) is 7. The fraction of sp³-hybridized carbons (Fsp3) is 0.229. The zero-order valence-corrected chi connectivity index (χ0v) is 27.3. The molecule has 4 rings (SSSR count). The number of rotatable bonds is 14. The van der Waals surface area contributed by atoms with E-state index in [2.05, 4.69) is 31.8 Å². The van der Waals surface area contributed by atoms with Gasteiger partial charge in [0.2, 0.25) is 0 Å².